The minimum absolute atomic E-state index is 0.170. The summed E-state index contributed by atoms with van der Waals surface area (Å²) in [5.74, 6) is 0. The van der Waals surface area contributed by atoms with Crippen molar-refractivity contribution in [3.8, 4) is 0 Å². The second-order valence-electron chi connectivity index (χ2n) is 0.924. The summed E-state index contributed by atoms with van der Waals surface area (Å²) in [5, 5.41) is 5.29. The molecule has 5 heteroatoms. The van der Waals surface area contributed by atoms with Crippen molar-refractivity contribution in [2.24, 2.45) is 5.40 Å². The van der Waals surface area contributed by atoms with Gasteiger partial charge in [-0.3, -0.25) is 0 Å². The summed E-state index contributed by atoms with van der Waals surface area (Å²) in [6.07, 6.45) is 0. The molecule has 0 aromatic heterocycles. The molecule has 0 aromatic rings. The molecule has 0 spiro atoms. The zero-order valence-electron chi connectivity index (χ0n) is 3.24. The van der Waals surface area contributed by atoms with E-state index in [1.165, 1.54) is 9.76 Å². The molecule has 0 rings (SSSR count). The molecule has 5 heavy (non-hydrogen) atoms. The van der Waals surface area contributed by atoms with Gasteiger partial charge in [0.1, 0.15) is 0 Å². The van der Waals surface area contributed by atoms with Crippen LogP contribution in [-0.2, 0) is 0 Å². The number of hydrogen-bond donors (Lipinski definition) is 1. The van der Waals surface area contributed by atoms with E-state index in [1.54, 1.807) is 0 Å². The molecule has 0 saturated heterocycles. The van der Waals surface area contributed by atoms with Gasteiger partial charge in [-0.05, 0) is 9.76 Å². The van der Waals surface area contributed by atoms with Gasteiger partial charge in [0.05, 0.1) is 0 Å². The maximum Gasteiger partial charge on any atom is 0.185 e. The first kappa shape index (κ1) is 5.90. The minimum atomic E-state index is -0.977. The van der Waals surface area contributed by atoms with Crippen LogP contribution in [0.25, 0.3) is 0 Å². The zero-order chi connectivity index (χ0) is 4.28. The summed E-state index contributed by atoms with van der Waals surface area (Å²) in [5.41, 5.74) is 0. The third kappa shape index (κ3) is 4.90. The Labute approximate surface area is 43.1 Å². The van der Waals surface area contributed by atoms with Gasteiger partial charge >= 0.3 is 0 Å². The average molecular weight is 142 g/mol. The van der Waals surface area contributed by atoms with Crippen LogP contribution in [0.2, 0.25) is 0 Å². The van der Waals surface area contributed by atoms with E-state index in [0.717, 1.165) is 0 Å². The summed E-state index contributed by atoms with van der Waals surface area (Å²) in [6.45, 7) is 0. The Morgan fingerprint density at radius 3 is 2.20 bits per heavy atom. The Kier molecular flexibility index (Phi) is 3.66. The van der Waals surface area contributed by atoms with Crippen LogP contribution in [0.1, 0.15) is 0 Å². The van der Waals surface area contributed by atoms with Crippen molar-refractivity contribution in [2.75, 3.05) is 0 Å². The van der Waals surface area contributed by atoms with Crippen molar-refractivity contribution in [3.05, 3.63) is 0 Å². The molecule has 2 N–H and O–H groups in total. The molecular weight excluding hydrogens is 134 g/mol. The topological polar surface area (TPSA) is 26.0 Å². The third-order valence-corrected chi connectivity index (χ3v) is 18.9. The van der Waals surface area contributed by atoms with Crippen LogP contribution in [0.3, 0.4) is 0 Å². The van der Waals surface area contributed by atoms with Gasteiger partial charge in [-0.25, -0.2) is 0 Å². The van der Waals surface area contributed by atoms with Gasteiger partial charge in [0.2, 0.25) is 0 Å². The molecule has 0 aliphatic carbocycles. The Balaban J connectivity index is 2.54. The molecule has 0 fully saturated rings. The van der Waals surface area contributed by atoms with Crippen molar-refractivity contribution in [2.45, 2.75) is 0 Å². The fraction of sp³-hybridized carbons (Fsp3) is 0. The highest BCUT2D eigenvalue weighted by Crippen LogP contribution is 1.66. The molecule has 32 valence electrons. The first-order valence-corrected chi connectivity index (χ1v) is 13.0. The smallest absolute Gasteiger partial charge is 0.185 e. The lowest BCUT2D eigenvalue weighted by Gasteiger charge is -1.84. The maximum atomic E-state index is 5.48. The monoisotopic (exact) mass is 141 g/mol. The largest absolute Gasteiger partial charge is 0.344 e. The predicted octanol–water partition coefficient (Wildman–Crippen LogP) is -2.65. The fourth-order valence-corrected chi connectivity index (χ4v) is 0. The van der Waals surface area contributed by atoms with Crippen molar-refractivity contribution >= 4 is 37.2 Å². The van der Waals surface area contributed by atoms with Crippen molar-refractivity contribution in [1.82, 2.24) is 0 Å². The number of nitrogens with two attached hydrogens (primary N) is 1. The molecule has 0 aliphatic heterocycles. The highest BCUT2D eigenvalue weighted by Gasteiger charge is 1.88. The molecule has 0 aromatic carbocycles. The van der Waals surface area contributed by atoms with Crippen molar-refractivity contribution < 1.29 is 0 Å². The van der Waals surface area contributed by atoms with Crippen molar-refractivity contribution in [1.29, 1.82) is 0 Å². The molecule has 0 radical (unpaired) electrons. The summed E-state index contributed by atoms with van der Waals surface area (Å²) >= 11 is 5.48. The van der Waals surface area contributed by atoms with E-state index < -0.39 is 7.79 Å². The van der Waals surface area contributed by atoms with Crippen LogP contribution < -0.4 is 5.40 Å². The number of hydrogen-bond acceptors (Lipinski definition) is 1. The lowest BCUT2D eigenvalue weighted by atomic mass is 13.9. The van der Waals surface area contributed by atoms with Crippen molar-refractivity contribution in [3.63, 3.8) is 0 Å². The van der Waals surface area contributed by atoms with Crippen LogP contribution >= 0.6 is 11.1 Å². The number of halogens is 1. The van der Waals surface area contributed by atoms with Crippen LogP contribution in [0.4, 0.5) is 0 Å². The van der Waals surface area contributed by atoms with E-state index in [9.17, 15) is 0 Å². The Morgan fingerprint density at radius 2 is 2.20 bits per heavy atom. The highest BCUT2D eigenvalue weighted by atomic mass is 35.6. The molecule has 1 nitrogen and oxygen atoms in total. The van der Waals surface area contributed by atoms with E-state index in [-0.39, 0.29) is 8.55 Å². The molecule has 1 unspecified atom stereocenters. The molecule has 1 atom stereocenters. The van der Waals surface area contributed by atoms with Gasteiger partial charge in [-0.15, -0.1) is 0 Å². The normalized spacial score (nSPS) is 18.0. The highest BCUT2D eigenvalue weighted by molar-refractivity contribution is 7.46. The molecule has 0 aliphatic rings. The van der Waals surface area contributed by atoms with Gasteiger partial charge in [0.25, 0.3) is 0 Å². The standard InChI is InChI=1S/ClH8NSi3/c1-5(2)4-3/h5H,2,4H2,3H3. The minimum Gasteiger partial charge on any atom is -0.344 e. The average Bonchev–Trinajstić information content (AvgIpc) is 1.38. The zero-order valence-corrected chi connectivity index (χ0v) is 8.56. The summed E-state index contributed by atoms with van der Waals surface area (Å²) < 4.78 is 0. The first-order valence-electron chi connectivity index (χ1n) is 1.67. The van der Waals surface area contributed by atoms with E-state index >= 15 is 0 Å². The van der Waals surface area contributed by atoms with Crippen LogP contribution in [0, 0.1) is 0 Å². The van der Waals surface area contributed by atoms with Gasteiger partial charge in [-0.2, -0.15) is 11.1 Å². The summed E-state index contributed by atoms with van der Waals surface area (Å²) in [7, 11) is 0.510. The quantitative estimate of drug-likeness (QED) is 0.314. The molecule has 0 saturated carbocycles. The molecule has 0 amide bonds. The molecule has 0 bridgehead atoms. The molecule has 0 heterocycles. The van der Waals surface area contributed by atoms with E-state index in [2.05, 4.69) is 0 Å². The van der Waals surface area contributed by atoms with E-state index in [4.69, 9.17) is 16.5 Å². The Morgan fingerprint density at radius 1 is 2.00 bits per heavy atom. The Hall–Kier alpha value is 0.901. The van der Waals surface area contributed by atoms with Crippen LogP contribution in [-0.4, -0.2) is 26.1 Å². The second kappa shape index (κ2) is 3.10. The fourth-order valence-electron chi connectivity index (χ4n) is 0. The van der Waals surface area contributed by atoms with E-state index in [1.807, 2.05) is 0 Å². The summed E-state index contributed by atoms with van der Waals surface area (Å²) in [6, 6.07) is 0. The SMILES string of the molecule is N[SiH](Cl)[SiH2][SiH3]. The maximum absolute atomic E-state index is 5.48. The van der Waals surface area contributed by atoms with Gasteiger partial charge in [-0.1, -0.05) is 0 Å². The predicted molar refractivity (Wildman–Crippen MR) is 35.7 cm³/mol. The van der Waals surface area contributed by atoms with Gasteiger partial charge in [0, 0.05) is 8.55 Å². The summed E-state index contributed by atoms with van der Waals surface area (Å²) in [4.78, 5) is 0. The second-order valence-corrected chi connectivity index (χ2v) is 18.4. The lowest BCUT2D eigenvalue weighted by Crippen LogP contribution is -2.26. The van der Waals surface area contributed by atoms with Crippen LogP contribution in [0.5, 0.6) is 0 Å². The molecular formula is H8ClNSi3. The number of rotatable bonds is 1. The van der Waals surface area contributed by atoms with E-state index in [0.29, 0.717) is 0 Å². The van der Waals surface area contributed by atoms with Crippen LogP contribution in [0.15, 0.2) is 0 Å². The first-order chi connectivity index (χ1) is 2.27. The van der Waals surface area contributed by atoms with Gasteiger partial charge < -0.3 is 5.40 Å². The third-order valence-electron chi connectivity index (χ3n) is 0.390. The lowest BCUT2D eigenvalue weighted by molar-refractivity contribution is 1.96. The Bertz CT molecular complexity index is 20.9. The van der Waals surface area contributed by atoms with Gasteiger partial charge in [0.15, 0.2) is 7.79 Å².